The molecule has 0 bridgehead atoms. The molecule has 2 atom stereocenters. The topological polar surface area (TPSA) is 21.3 Å². The maximum Gasteiger partial charge on any atom is 0.142 e. The van der Waals surface area contributed by atoms with Crippen LogP contribution in [0.3, 0.4) is 0 Å². The predicted molar refractivity (Wildman–Crippen MR) is 84.9 cm³/mol. The molecule has 5 heteroatoms. The normalized spacial score (nSPS) is 19.7. The van der Waals surface area contributed by atoms with Crippen LogP contribution in [0.1, 0.15) is 31.4 Å². The largest absolute Gasteiger partial charge is 0.492 e. The molecule has 0 aromatic heterocycles. The van der Waals surface area contributed by atoms with Crippen molar-refractivity contribution < 1.29 is 4.74 Å². The molecule has 1 aromatic rings. The zero-order valence-corrected chi connectivity index (χ0v) is 13.5. The third-order valence-corrected chi connectivity index (χ3v) is 4.45. The summed E-state index contributed by atoms with van der Waals surface area (Å²) in [5, 5.41) is 4.92. The molecule has 1 aliphatic rings. The minimum Gasteiger partial charge on any atom is -0.492 e. The molecule has 2 rings (SSSR count). The van der Waals surface area contributed by atoms with E-state index in [2.05, 4.69) is 18.5 Å². The van der Waals surface area contributed by atoms with Crippen LogP contribution in [-0.4, -0.2) is 24.7 Å². The lowest BCUT2D eigenvalue weighted by atomic mass is 9.99. The van der Waals surface area contributed by atoms with Crippen LogP contribution in [0.25, 0.3) is 0 Å². The van der Waals surface area contributed by atoms with E-state index >= 15 is 0 Å². The van der Waals surface area contributed by atoms with Gasteiger partial charge in [0.25, 0.3) is 0 Å². The Morgan fingerprint density at radius 3 is 3.00 bits per heavy atom. The molecule has 0 fully saturated rings. The summed E-state index contributed by atoms with van der Waals surface area (Å²) in [5.74, 6) is 1.95. The molecule has 1 N–H and O–H groups in total. The summed E-state index contributed by atoms with van der Waals surface area (Å²) < 4.78 is 5.67. The lowest BCUT2D eigenvalue weighted by molar-refractivity contribution is 0.245. The summed E-state index contributed by atoms with van der Waals surface area (Å²) >= 11 is 14.2. The Morgan fingerprint density at radius 1 is 1.47 bits per heavy atom. The molecule has 0 amide bonds. The molecular weight excluding hydrogens is 301 g/mol. The second-order valence-electron chi connectivity index (χ2n) is 4.84. The van der Waals surface area contributed by atoms with Gasteiger partial charge in [0.15, 0.2) is 0 Å². The Morgan fingerprint density at radius 2 is 2.26 bits per heavy atom. The highest BCUT2D eigenvalue weighted by molar-refractivity contribution is 7.98. The van der Waals surface area contributed by atoms with Gasteiger partial charge in [-0.3, -0.25) is 0 Å². The van der Waals surface area contributed by atoms with E-state index in [4.69, 9.17) is 27.9 Å². The molecule has 0 aliphatic carbocycles. The standard InChI is InChI=1S/C14H19Cl2NOS/c1-9(4-6-19-2)17-13-3-5-18-14-11(13)7-10(15)8-12(14)16/h7-9,13,17H,3-6H2,1-2H3. The molecule has 106 valence electrons. The number of halogens is 2. The fraction of sp³-hybridized carbons (Fsp3) is 0.571. The van der Waals surface area contributed by atoms with Gasteiger partial charge >= 0.3 is 0 Å². The number of rotatable bonds is 5. The van der Waals surface area contributed by atoms with E-state index < -0.39 is 0 Å². The third-order valence-electron chi connectivity index (χ3n) is 3.31. The average Bonchev–Trinajstić information content (AvgIpc) is 2.37. The highest BCUT2D eigenvalue weighted by Gasteiger charge is 2.25. The van der Waals surface area contributed by atoms with Crippen molar-refractivity contribution >= 4 is 35.0 Å². The summed E-state index contributed by atoms with van der Waals surface area (Å²) in [6.45, 7) is 2.92. The first kappa shape index (κ1) is 15.3. The SMILES string of the molecule is CSCCC(C)NC1CCOc2c(Cl)cc(Cl)cc21. The van der Waals surface area contributed by atoms with Crippen molar-refractivity contribution in [2.45, 2.75) is 31.8 Å². The smallest absolute Gasteiger partial charge is 0.142 e. The van der Waals surface area contributed by atoms with Gasteiger partial charge in [-0.15, -0.1) is 0 Å². The molecular formula is C14H19Cl2NOS. The van der Waals surface area contributed by atoms with Crippen LogP contribution in [0.15, 0.2) is 12.1 Å². The number of thioether (sulfide) groups is 1. The average molecular weight is 320 g/mol. The molecule has 1 aliphatic heterocycles. The van der Waals surface area contributed by atoms with Crippen molar-refractivity contribution in [3.05, 3.63) is 27.7 Å². The summed E-state index contributed by atoms with van der Waals surface area (Å²) in [6.07, 6.45) is 4.24. The Kier molecular flexibility index (Phi) is 5.70. The number of hydrogen-bond acceptors (Lipinski definition) is 3. The number of hydrogen-bond donors (Lipinski definition) is 1. The van der Waals surface area contributed by atoms with Crippen molar-refractivity contribution in [2.24, 2.45) is 0 Å². The van der Waals surface area contributed by atoms with E-state index in [9.17, 15) is 0 Å². The zero-order valence-electron chi connectivity index (χ0n) is 11.2. The van der Waals surface area contributed by atoms with Crippen LogP contribution in [0.2, 0.25) is 10.0 Å². The second-order valence-corrected chi connectivity index (χ2v) is 6.67. The molecule has 19 heavy (non-hydrogen) atoms. The van der Waals surface area contributed by atoms with Gasteiger partial charge in [-0.25, -0.2) is 0 Å². The van der Waals surface area contributed by atoms with E-state index in [1.807, 2.05) is 17.8 Å². The molecule has 1 aromatic carbocycles. The van der Waals surface area contributed by atoms with Gasteiger partial charge in [-0.2, -0.15) is 11.8 Å². The lowest BCUT2D eigenvalue weighted by Gasteiger charge is -2.30. The van der Waals surface area contributed by atoms with Gasteiger partial charge in [-0.05, 0) is 37.5 Å². The Hall–Kier alpha value is -0.0900. The van der Waals surface area contributed by atoms with Crippen molar-refractivity contribution in [3.63, 3.8) is 0 Å². The second kappa shape index (κ2) is 7.07. The minimum absolute atomic E-state index is 0.275. The van der Waals surface area contributed by atoms with Crippen molar-refractivity contribution in [3.8, 4) is 5.75 Å². The summed E-state index contributed by atoms with van der Waals surface area (Å²) in [4.78, 5) is 0. The van der Waals surface area contributed by atoms with Crippen LogP contribution >= 0.6 is 35.0 Å². The number of nitrogens with one attached hydrogen (secondary N) is 1. The molecule has 0 saturated carbocycles. The highest BCUT2D eigenvalue weighted by Crippen LogP contribution is 2.40. The first-order valence-corrected chi connectivity index (χ1v) is 8.63. The molecule has 0 saturated heterocycles. The number of fused-ring (bicyclic) bond motifs is 1. The molecule has 2 unspecified atom stereocenters. The Labute approximate surface area is 129 Å². The number of ether oxygens (including phenoxy) is 1. The summed E-state index contributed by atoms with van der Waals surface area (Å²) in [6, 6.07) is 4.44. The van der Waals surface area contributed by atoms with Gasteiger partial charge in [0.2, 0.25) is 0 Å². The quantitative estimate of drug-likeness (QED) is 0.860. The Balaban J connectivity index is 2.13. The van der Waals surface area contributed by atoms with E-state index in [1.165, 1.54) is 5.75 Å². The fourth-order valence-corrected chi connectivity index (χ4v) is 3.47. The third kappa shape index (κ3) is 3.94. The van der Waals surface area contributed by atoms with Gasteiger partial charge in [0.1, 0.15) is 5.75 Å². The van der Waals surface area contributed by atoms with E-state index in [-0.39, 0.29) is 6.04 Å². The molecule has 1 heterocycles. The van der Waals surface area contributed by atoms with Crippen molar-refractivity contribution in [2.75, 3.05) is 18.6 Å². The molecule has 2 nitrogen and oxygen atoms in total. The first-order valence-electron chi connectivity index (χ1n) is 6.48. The number of benzene rings is 1. The molecule has 0 radical (unpaired) electrons. The van der Waals surface area contributed by atoms with Gasteiger partial charge in [0.05, 0.1) is 11.6 Å². The van der Waals surface area contributed by atoms with Crippen LogP contribution in [0, 0.1) is 0 Å². The van der Waals surface area contributed by atoms with Crippen LogP contribution < -0.4 is 10.1 Å². The maximum absolute atomic E-state index is 6.19. The first-order chi connectivity index (χ1) is 9.11. The lowest BCUT2D eigenvalue weighted by Crippen LogP contribution is -2.34. The predicted octanol–water partition coefficient (Wildman–Crippen LogP) is 4.55. The van der Waals surface area contributed by atoms with Crippen molar-refractivity contribution in [1.82, 2.24) is 5.32 Å². The van der Waals surface area contributed by atoms with E-state index in [0.717, 1.165) is 24.2 Å². The van der Waals surface area contributed by atoms with E-state index in [1.54, 1.807) is 6.07 Å². The van der Waals surface area contributed by atoms with E-state index in [0.29, 0.717) is 22.7 Å². The molecule has 0 spiro atoms. The minimum atomic E-state index is 0.275. The summed E-state index contributed by atoms with van der Waals surface area (Å²) in [5.41, 5.74) is 1.08. The summed E-state index contributed by atoms with van der Waals surface area (Å²) in [7, 11) is 0. The zero-order chi connectivity index (χ0) is 13.8. The Bertz CT molecular complexity index is 442. The van der Waals surface area contributed by atoms with Crippen molar-refractivity contribution in [1.29, 1.82) is 0 Å². The van der Waals surface area contributed by atoms with Gasteiger partial charge < -0.3 is 10.1 Å². The van der Waals surface area contributed by atoms with Crippen LogP contribution in [0.5, 0.6) is 5.75 Å². The monoisotopic (exact) mass is 319 g/mol. The maximum atomic E-state index is 6.19. The highest BCUT2D eigenvalue weighted by atomic mass is 35.5. The fourth-order valence-electron chi connectivity index (χ4n) is 2.32. The van der Waals surface area contributed by atoms with Crippen LogP contribution in [-0.2, 0) is 0 Å². The van der Waals surface area contributed by atoms with Gasteiger partial charge in [0, 0.05) is 29.1 Å². The van der Waals surface area contributed by atoms with Crippen LogP contribution in [0.4, 0.5) is 0 Å². The van der Waals surface area contributed by atoms with Gasteiger partial charge in [-0.1, -0.05) is 23.2 Å².